The quantitative estimate of drug-likeness (QED) is 0.614. The van der Waals surface area contributed by atoms with Crippen LogP contribution in [-0.2, 0) is 6.42 Å². The first-order valence-corrected chi connectivity index (χ1v) is 10.5. The smallest absolute Gasteiger partial charge is 0.254 e. The third-order valence-electron chi connectivity index (χ3n) is 5.73. The first-order chi connectivity index (χ1) is 13.8. The van der Waals surface area contributed by atoms with Gasteiger partial charge in [-0.2, -0.15) is 0 Å². The fraction of sp³-hybridized carbons (Fsp3) is 0.381. The van der Waals surface area contributed by atoms with Gasteiger partial charge in [-0.3, -0.25) is 4.79 Å². The van der Waals surface area contributed by atoms with Crippen LogP contribution < -0.4 is 5.32 Å². The van der Waals surface area contributed by atoms with Crippen LogP contribution in [-0.4, -0.2) is 47.2 Å². The van der Waals surface area contributed by atoms with Crippen LogP contribution in [0.1, 0.15) is 34.3 Å². The van der Waals surface area contributed by atoms with Crippen LogP contribution in [0.5, 0.6) is 0 Å². The molecule has 0 aliphatic carbocycles. The van der Waals surface area contributed by atoms with Crippen LogP contribution in [0, 0.1) is 21.0 Å². The van der Waals surface area contributed by atoms with Crippen molar-refractivity contribution in [2.24, 2.45) is 0 Å². The molecule has 4 rings (SSSR count). The number of nitrogens with one attached hydrogen (secondary N) is 1. The fourth-order valence-corrected chi connectivity index (χ4v) is 4.57. The maximum absolute atomic E-state index is 14.6. The molecule has 0 saturated carbocycles. The van der Waals surface area contributed by atoms with Crippen LogP contribution in [0.3, 0.4) is 0 Å². The second-order valence-corrected chi connectivity index (χ2v) is 8.96. The fourth-order valence-electron chi connectivity index (χ4n) is 4.11. The molecule has 2 aliphatic rings. The normalized spacial score (nSPS) is 20.6. The number of carbonyl (C=O) groups is 1. The number of hydrogen-bond donors (Lipinski definition) is 2. The third kappa shape index (κ3) is 3.89. The van der Waals surface area contributed by atoms with Gasteiger partial charge in [0.1, 0.15) is 11.4 Å². The van der Waals surface area contributed by atoms with Gasteiger partial charge in [0, 0.05) is 27.2 Å². The molecule has 1 amide bonds. The highest BCUT2D eigenvalue weighted by molar-refractivity contribution is 14.1. The number of amides is 1. The summed E-state index contributed by atoms with van der Waals surface area (Å²) in [6.07, 6.45) is 1.56. The van der Waals surface area contributed by atoms with Crippen molar-refractivity contribution in [2.45, 2.75) is 30.9 Å². The minimum atomic E-state index is -1.15. The SMILES string of the molecule is O=C(c1ccc(F)c(F)c1Cc1ccc(I)cc1F)N1CC(O)([C@@H]2CCCN2)C1. The van der Waals surface area contributed by atoms with E-state index >= 15 is 0 Å². The highest BCUT2D eigenvalue weighted by Crippen LogP contribution is 2.32. The minimum absolute atomic E-state index is 0.0109. The van der Waals surface area contributed by atoms with Gasteiger partial charge >= 0.3 is 0 Å². The lowest BCUT2D eigenvalue weighted by Gasteiger charge is -2.49. The number of halogens is 4. The van der Waals surface area contributed by atoms with Crippen LogP contribution in [0.2, 0.25) is 0 Å². The van der Waals surface area contributed by atoms with E-state index in [1.54, 1.807) is 6.07 Å². The highest BCUT2D eigenvalue weighted by atomic mass is 127. The number of β-amino-alcohol motifs (C(OH)–C–C–N with tert-alkyl or cyclic N) is 1. The molecule has 2 aliphatic heterocycles. The summed E-state index contributed by atoms with van der Waals surface area (Å²) in [5, 5.41) is 13.9. The second-order valence-electron chi connectivity index (χ2n) is 7.71. The summed E-state index contributed by atoms with van der Waals surface area (Å²) in [7, 11) is 0. The number of carbonyl (C=O) groups excluding carboxylic acids is 1. The second kappa shape index (κ2) is 7.88. The maximum Gasteiger partial charge on any atom is 0.254 e. The van der Waals surface area contributed by atoms with Crippen molar-refractivity contribution in [1.82, 2.24) is 10.2 Å². The molecule has 2 heterocycles. The molecule has 8 heteroatoms. The largest absolute Gasteiger partial charge is 0.385 e. The molecule has 2 N–H and O–H groups in total. The number of nitrogens with zero attached hydrogens (tertiary/aromatic N) is 1. The molecular formula is C21H20F3IN2O2. The average Bonchev–Trinajstić information content (AvgIpc) is 3.19. The van der Waals surface area contributed by atoms with Gasteiger partial charge < -0.3 is 15.3 Å². The molecule has 2 fully saturated rings. The summed E-state index contributed by atoms with van der Waals surface area (Å²) in [6, 6.07) is 6.54. The lowest BCUT2D eigenvalue weighted by atomic mass is 9.84. The van der Waals surface area contributed by atoms with Crippen molar-refractivity contribution >= 4 is 28.5 Å². The highest BCUT2D eigenvalue weighted by Gasteiger charge is 2.50. The van der Waals surface area contributed by atoms with E-state index in [4.69, 9.17) is 0 Å². The van der Waals surface area contributed by atoms with Crippen LogP contribution in [0.25, 0.3) is 0 Å². The van der Waals surface area contributed by atoms with Gasteiger partial charge in [0.25, 0.3) is 5.91 Å². The van der Waals surface area contributed by atoms with Crippen molar-refractivity contribution in [3.63, 3.8) is 0 Å². The Balaban J connectivity index is 1.59. The minimum Gasteiger partial charge on any atom is -0.385 e. The molecule has 0 unspecified atom stereocenters. The van der Waals surface area contributed by atoms with Crippen LogP contribution in [0.15, 0.2) is 30.3 Å². The molecule has 0 aromatic heterocycles. The summed E-state index contributed by atoms with van der Waals surface area (Å²) in [4.78, 5) is 14.4. The van der Waals surface area contributed by atoms with E-state index in [0.717, 1.165) is 25.5 Å². The van der Waals surface area contributed by atoms with E-state index in [1.807, 2.05) is 22.6 Å². The van der Waals surface area contributed by atoms with E-state index in [9.17, 15) is 23.1 Å². The van der Waals surface area contributed by atoms with Gasteiger partial charge in [0.2, 0.25) is 0 Å². The van der Waals surface area contributed by atoms with Gasteiger partial charge in [0.05, 0.1) is 13.1 Å². The van der Waals surface area contributed by atoms with E-state index < -0.39 is 29.0 Å². The zero-order chi connectivity index (χ0) is 20.8. The van der Waals surface area contributed by atoms with Crippen LogP contribution >= 0.6 is 22.6 Å². The van der Waals surface area contributed by atoms with Crippen molar-refractivity contribution in [1.29, 1.82) is 0 Å². The van der Waals surface area contributed by atoms with Gasteiger partial charge in [-0.25, -0.2) is 13.2 Å². The summed E-state index contributed by atoms with van der Waals surface area (Å²) in [6.45, 7) is 1.08. The molecule has 2 saturated heterocycles. The van der Waals surface area contributed by atoms with Crippen molar-refractivity contribution in [2.75, 3.05) is 19.6 Å². The Bertz CT molecular complexity index is 957. The lowest BCUT2D eigenvalue weighted by Crippen LogP contribution is -2.70. The number of likely N-dealkylation sites (tertiary alicyclic amines) is 1. The molecule has 154 valence electrons. The number of rotatable bonds is 4. The summed E-state index contributed by atoms with van der Waals surface area (Å²) >= 11 is 1.96. The van der Waals surface area contributed by atoms with Gasteiger partial charge in [-0.15, -0.1) is 0 Å². The lowest BCUT2D eigenvalue weighted by molar-refractivity contribution is -0.100. The molecule has 2 aromatic carbocycles. The van der Waals surface area contributed by atoms with Gasteiger partial charge in [-0.1, -0.05) is 6.07 Å². The molecule has 0 spiro atoms. The number of hydrogen-bond acceptors (Lipinski definition) is 3. The zero-order valence-electron chi connectivity index (χ0n) is 15.5. The topological polar surface area (TPSA) is 52.6 Å². The van der Waals surface area contributed by atoms with Gasteiger partial charge in [-0.05, 0) is 71.8 Å². The van der Waals surface area contributed by atoms with E-state index in [0.29, 0.717) is 3.57 Å². The van der Waals surface area contributed by atoms with Crippen molar-refractivity contribution in [3.8, 4) is 0 Å². The molecular weight excluding hydrogens is 496 g/mol. The van der Waals surface area contributed by atoms with Gasteiger partial charge in [0.15, 0.2) is 11.6 Å². The van der Waals surface area contributed by atoms with Crippen molar-refractivity contribution in [3.05, 3.63) is 68.0 Å². The number of aliphatic hydroxyl groups is 1. The predicted octanol–water partition coefficient (Wildman–Crippen LogP) is 3.24. The third-order valence-corrected chi connectivity index (χ3v) is 6.41. The summed E-state index contributed by atoms with van der Waals surface area (Å²) < 4.78 is 43.4. The Hall–Kier alpha value is -1.65. The summed E-state index contributed by atoms with van der Waals surface area (Å²) in [5.74, 6) is -3.27. The molecule has 0 bridgehead atoms. The molecule has 1 atom stereocenters. The maximum atomic E-state index is 14.6. The first kappa shape index (κ1) is 20.6. The van der Waals surface area contributed by atoms with Crippen molar-refractivity contribution < 1.29 is 23.1 Å². The first-order valence-electron chi connectivity index (χ1n) is 9.44. The average molecular weight is 516 g/mol. The molecule has 29 heavy (non-hydrogen) atoms. The molecule has 2 aromatic rings. The Morgan fingerprint density at radius 2 is 1.97 bits per heavy atom. The molecule has 0 radical (unpaired) electrons. The summed E-state index contributed by atoms with van der Waals surface area (Å²) in [5.41, 5.74) is -1.01. The number of benzene rings is 2. The van der Waals surface area contributed by atoms with E-state index in [2.05, 4.69) is 5.32 Å². The van der Waals surface area contributed by atoms with E-state index in [-0.39, 0.29) is 42.2 Å². The predicted molar refractivity (Wildman–Crippen MR) is 110 cm³/mol. The van der Waals surface area contributed by atoms with E-state index in [1.165, 1.54) is 23.1 Å². The Morgan fingerprint density at radius 1 is 1.21 bits per heavy atom. The Kier molecular flexibility index (Phi) is 5.60. The Labute approximate surface area is 180 Å². The zero-order valence-corrected chi connectivity index (χ0v) is 17.7. The standard InChI is InChI=1S/C21H20F3IN2O2/c22-16-6-5-14(15(19(16)24)8-12-3-4-13(25)9-17(12)23)20(28)27-10-21(29,11-27)18-2-1-7-26-18/h3-6,9,18,26,29H,1-2,7-8,10-11H2/t18-/m0/s1. The van der Waals surface area contributed by atoms with Crippen LogP contribution in [0.4, 0.5) is 13.2 Å². The Morgan fingerprint density at radius 3 is 2.62 bits per heavy atom. The molecule has 4 nitrogen and oxygen atoms in total. The monoisotopic (exact) mass is 516 g/mol.